The quantitative estimate of drug-likeness (QED) is 0.763. The van der Waals surface area contributed by atoms with E-state index in [9.17, 15) is 4.79 Å². The Kier molecular flexibility index (Phi) is 3.87. The monoisotopic (exact) mass is 236 g/mol. The average molecular weight is 236 g/mol. The SMILES string of the molecule is O=C(O)CNCc1cnc(N2CCCC2)nc1. The van der Waals surface area contributed by atoms with Gasteiger partial charge in [0.15, 0.2) is 0 Å². The molecule has 2 heterocycles. The maximum absolute atomic E-state index is 10.3. The Bertz CT molecular complexity index is 374. The van der Waals surface area contributed by atoms with Crippen LogP contribution >= 0.6 is 0 Å². The largest absolute Gasteiger partial charge is 0.480 e. The van der Waals surface area contributed by atoms with Crippen molar-refractivity contribution in [3.63, 3.8) is 0 Å². The Morgan fingerprint density at radius 2 is 2.00 bits per heavy atom. The van der Waals surface area contributed by atoms with E-state index in [-0.39, 0.29) is 6.54 Å². The van der Waals surface area contributed by atoms with Crippen LogP contribution in [0.1, 0.15) is 18.4 Å². The third-order valence-corrected chi connectivity index (χ3v) is 2.69. The first kappa shape index (κ1) is 11.8. The van der Waals surface area contributed by atoms with E-state index in [2.05, 4.69) is 20.2 Å². The molecule has 1 fully saturated rings. The van der Waals surface area contributed by atoms with Crippen LogP contribution in [-0.2, 0) is 11.3 Å². The van der Waals surface area contributed by atoms with Gasteiger partial charge in [0.2, 0.25) is 5.95 Å². The molecule has 0 aromatic carbocycles. The van der Waals surface area contributed by atoms with Crippen LogP contribution in [0.25, 0.3) is 0 Å². The van der Waals surface area contributed by atoms with Gasteiger partial charge in [0.25, 0.3) is 0 Å². The molecular weight excluding hydrogens is 220 g/mol. The van der Waals surface area contributed by atoms with E-state index in [1.54, 1.807) is 12.4 Å². The predicted molar refractivity (Wildman–Crippen MR) is 62.8 cm³/mol. The Morgan fingerprint density at radius 1 is 1.35 bits per heavy atom. The fourth-order valence-electron chi connectivity index (χ4n) is 1.83. The summed E-state index contributed by atoms with van der Waals surface area (Å²) in [7, 11) is 0. The van der Waals surface area contributed by atoms with E-state index >= 15 is 0 Å². The lowest BCUT2D eigenvalue weighted by Gasteiger charge is -2.14. The van der Waals surface area contributed by atoms with Crippen LogP contribution in [0.15, 0.2) is 12.4 Å². The molecule has 6 heteroatoms. The second-order valence-corrected chi connectivity index (χ2v) is 4.08. The molecular formula is C11H16N4O2. The molecule has 0 atom stereocenters. The van der Waals surface area contributed by atoms with Crippen LogP contribution in [0, 0.1) is 0 Å². The van der Waals surface area contributed by atoms with Gasteiger partial charge >= 0.3 is 5.97 Å². The molecule has 1 aliphatic rings. The zero-order valence-corrected chi connectivity index (χ0v) is 9.59. The molecule has 17 heavy (non-hydrogen) atoms. The molecule has 1 saturated heterocycles. The minimum absolute atomic E-state index is 0.0477. The number of carboxylic acid groups (broad SMARTS) is 1. The number of carboxylic acids is 1. The van der Waals surface area contributed by atoms with Crippen LogP contribution in [0.5, 0.6) is 0 Å². The third kappa shape index (κ3) is 3.39. The van der Waals surface area contributed by atoms with Crippen molar-refractivity contribution in [2.24, 2.45) is 0 Å². The maximum Gasteiger partial charge on any atom is 0.317 e. The molecule has 0 saturated carbocycles. The number of aliphatic carboxylic acids is 1. The summed E-state index contributed by atoms with van der Waals surface area (Å²) in [6.07, 6.45) is 5.89. The molecule has 0 spiro atoms. The predicted octanol–water partition coefficient (Wildman–Crippen LogP) is 0.251. The van der Waals surface area contributed by atoms with Gasteiger partial charge in [0, 0.05) is 37.6 Å². The van der Waals surface area contributed by atoms with E-state index in [0.29, 0.717) is 6.54 Å². The summed E-state index contributed by atoms with van der Waals surface area (Å²) in [5.41, 5.74) is 0.897. The summed E-state index contributed by atoms with van der Waals surface area (Å²) in [6, 6.07) is 0. The summed E-state index contributed by atoms with van der Waals surface area (Å²) in [6.45, 7) is 2.48. The summed E-state index contributed by atoms with van der Waals surface area (Å²) in [4.78, 5) is 21.1. The van der Waals surface area contributed by atoms with E-state index in [4.69, 9.17) is 5.11 Å². The first-order valence-corrected chi connectivity index (χ1v) is 5.74. The lowest BCUT2D eigenvalue weighted by atomic mass is 10.3. The third-order valence-electron chi connectivity index (χ3n) is 2.69. The minimum Gasteiger partial charge on any atom is -0.480 e. The highest BCUT2D eigenvalue weighted by atomic mass is 16.4. The van der Waals surface area contributed by atoms with Gasteiger partial charge in [-0.15, -0.1) is 0 Å². The highest BCUT2D eigenvalue weighted by Gasteiger charge is 2.14. The second kappa shape index (κ2) is 5.58. The molecule has 0 unspecified atom stereocenters. The summed E-state index contributed by atoms with van der Waals surface area (Å²) < 4.78 is 0. The van der Waals surface area contributed by atoms with Gasteiger partial charge in [-0.05, 0) is 12.8 Å². The highest BCUT2D eigenvalue weighted by molar-refractivity contribution is 5.68. The van der Waals surface area contributed by atoms with Crippen molar-refractivity contribution in [1.29, 1.82) is 0 Å². The van der Waals surface area contributed by atoms with Crippen molar-refractivity contribution in [2.45, 2.75) is 19.4 Å². The van der Waals surface area contributed by atoms with Crippen LogP contribution in [0.4, 0.5) is 5.95 Å². The average Bonchev–Trinajstić information content (AvgIpc) is 2.83. The van der Waals surface area contributed by atoms with Crippen molar-refractivity contribution in [1.82, 2.24) is 15.3 Å². The number of rotatable bonds is 5. The summed E-state index contributed by atoms with van der Waals surface area (Å²) in [5, 5.41) is 11.3. The summed E-state index contributed by atoms with van der Waals surface area (Å²) in [5.74, 6) is -0.0934. The zero-order chi connectivity index (χ0) is 12.1. The van der Waals surface area contributed by atoms with E-state index < -0.39 is 5.97 Å². The topological polar surface area (TPSA) is 78.3 Å². The molecule has 1 aromatic heterocycles. The minimum atomic E-state index is -0.861. The molecule has 92 valence electrons. The number of nitrogens with zero attached hydrogens (tertiary/aromatic N) is 3. The summed E-state index contributed by atoms with van der Waals surface area (Å²) >= 11 is 0. The fourth-order valence-corrected chi connectivity index (χ4v) is 1.83. The Morgan fingerprint density at radius 3 is 2.59 bits per heavy atom. The Balaban J connectivity index is 1.86. The molecule has 1 aliphatic heterocycles. The van der Waals surface area contributed by atoms with Crippen LogP contribution < -0.4 is 10.2 Å². The van der Waals surface area contributed by atoms with Crippen LogP contribution in [0.2, 0.25) is 0 Å². The molecule has 1 aromatic rings. The first-order chi connectivity index (χ1) is 8.25. The number of aromatic nitrogens is 2. The van der Waals surface area contributed by atoms with E-state index in [1.165, 1.54) is 12.8 Å². The van der Waals surface area contributed by atoms with E-state index in [1.807, 2.05) is 0 Å². The number of nitrogens with one attached hydrogen (secondary N) is 1. The van der Waals surface area contributed by atoms with Crippen molar-refractivity contribution in [3.05, 3.63) is 18.0 Å². The van der Waals surface area contributed by atoms with Gasteiger partial charge in [0.05, 0.1) is 6.54 Å². The molecule has 0 aliphatic carbocycles. The number of anilines is 1. The van der Waals surface area contributed by atoms with Gasteiger partial charge in [0.1, 0.15) is 0 Å². The molecule has 2 rings (SSSR count). The van der Waals surface area contributed by atoms with E-state index in [0.717, 1.165) is 24.6 Å². The molecule has 0 amide bonds. The maximum atomic E-state index is 10.3. The first-order valence-electron chi connectivity index (χ1n) is 5.74. The van der Waals surface area contributed by atoms with Crippen molar-refractivity contribution in [2.75, 3.05) is 24.5 Å². The van der Waals surface area contributed by atoms with Gasteiger partial charge in [-0.1, -0.05) is 0 Å². The van der Waals surface area contributed by atoms with Gasteiger partial charge in [-0.25, -0.2) is 9.97 Å². The van der Waals surface area contributed by atoms with Crippen LogP contribution in [0.3, 0.4) is 0 Å². The highest BCUT2D eigenvalue weighted by Crippen LogP contribution is 2.14. The zero-order valence-electron chi connectivity index (χ0n) is 9.59. The van der Waals surface area contributed by atoms with Crippen molar-refractivity contribution in [3.8, 4) is 0 Å². The van der Waals surface area contributed by atoms with Crippen molar-refractivity contribution < 1.29 is 9.90 Å². The Hall–Kier alpha value is -1.69. The fraction of sp³-hybridized carbons (Fsp3) is 0.545. The number of hydrogen-bond acceptors (Lipinski definition) is 5. The Labute approximate surface area is 99.7 Å². The van der Waals surface area contributed by atoms with Crippen LogP contribution in [-0.4, -0.2) is 40.7 Å². The molecule has 2 N–H and O–H groups in total. The molecule has 0 bridgehead atoms. The normalized spacial score (nSPS) is 15.2. The lowest BCUT2D eigenvalue weighted by Crippen LogP contribution is -2.23. The second-order valence-electron chi connectivity index (χ2n) is 4.08. The van der Waals surface area contributed by atoms with Gasteiger partial charge in [-0.3, -0.25) is 4.79 Å². The standard InChI is InChI=1S/C11H16N4O2/c16-10(17)8-12-5-9-6-13-11(14-7-9)15-3-1-2-4-15/h6-7,12H,1-5,8H2,(H,16,17). The smallest absolute Gasteiger partial charge is 0.317 e. The van der Waals surface area contributed by atoms with Gasteiger partial charge < -0.3 is 15.3 Å². The number of carbonyl (C=O) groups is 1. The lowest BCUT2D eigenvalue weighted by molar-refractivity contribution is -0.135. The molecule has 6 nitrogen and oxygen atoms in total. The van der Waals surface area contributed by atoms with Gasteiger partial charge in [-0.2, -0.15) is 0 Å². The molecule has 0 radical (unpaired) electrons. The van der Waals surface area contributed by atoms with Crippen molar-refractivity contribution >= 4 is 11.9 Å². The number of hydrogen-bond donors (Lipinski definition) is 2.